The molecule has 0 spiro atoms. The van der Waals surface area contributed by atoms with E-state index in [4.69, 9.17) is 0 Å². The van der Waals surface area contributed by atoms with Gasteiger partial charge in [0.1, 0.15) is 12.4 Å². The van der Waals surface area contributed by atoms with E-state index in [0.29, 0.717) is 6.54 Å². The lowest BCUT2D eigenvalue weighted by Gasteiger charge is -2.12. The zero-order valence-electron chi connectivity index (χ0n) is 9.14. The Hall–Kier alpha value is -0.970. The zero-order valence-corrected chi connectivity index (χ0v) is 9.96. The Kier molecular flexibility index (Phi) is 3.00. The molecule has 1 aliphatic rings. The highest BCUT2D eigenvalue weighted by atomic mass is 32.2. The van der Waals surface area contributed by atoms with Crippen LogP contribution in [0.4, 0.5) is 0 Å². The molecule has 2 rings (SSSR count). The number of aryl methyl sites for hydroxylation is 1. The lowest BCUT2D eigenvalue weighted by Crippen LogP contribution is -2.34. The second-order valence-corrected chi connectivity index (χ2v) is 4.85. The van der Waals surface area contributed by atoms with Crippen molar-refractivity contribution in [3.63, 3.8) is 0 Å². The van der Waals surface area contributed by atoms with Crippen LogP contribution in [-0.4, -0.2) is 33.5 Å². The second-order valence-electron chi connectivity index (χ2n) is 3.78. The van der Waals surface area contributed by atoms with Crippen LogP contribution in [0.25, 0.3) is 0 Å². The molecule has 1 aliphatic heterocycles. The van der Waals surface area contributed by atoms with Gasteiger partial charge in [0, 0.05) is 19.2 Å². The number of carbonyl (C=O) groups excluding carboxylic acids is 1. The molecule has 0 aliphatic carbocycles. The Bertz CT molecular complexity index is 369. The number of nitrogens with zero attached hydrogens (tertiary/aromatic N) is 3. The molecular formula is C10H16N3OS+. The quantitative estimate of drug-likeness (QED) is 0.672. The Labute approximate surface area is 93.9 Å². The van der Waals surface area contributed by atoms with Crippen molar-refractivity contribution in [2.24, 2.45) is 7.05 Å². The van der Waals surface area contributed by atoms with E-state index in [-0.39, 0.29) is 5.91 Å². The molecule has 82 valence electrons. The minimum atomic E-state index is 0.222. The van der Waals surface area contributed by atoms with E-state index in [9.17, 15) is 4.79 Å². The molecule has 0 bridgehead atoms. The lowest BCUT2D eigenvalue weighted by molar-refractivity contribution is -0.677. The van der Waals surface area contributed by atoms with E-state index in [1.165, 1.54) is 0 Å². The summed E-state index contributed by atoms with van der Waals surface area (Å²) in [6.45, 7) is 3.38. The van der Waals surface area contributed by atoms with Gasteiger partial charge in [0.15, 0.2) is 6.54 Å². The van der Waals surface area contributed by atoms with Crippen LogP contribution < -0.4 is 4.57 Å². The van der Waals surface area contributed by atoms with Gasteiger partial charge in [-0.15, -0.1) is 11.8 Å². The Morgan fingerprint density at radius 1 is 1.67 bits per heavy atom. The SMILES string of the molecule is Cc1n(CC(=O)N2CCSC2)cc[n+]1C. The largest absolute Gasteiger partial charge is 0.329 e. The summed E-state index contributed by atoms with van der Waals surface area (Å²) >= 11 is 1.82. The third kappa shape index (κ3) is 2.17. The first-order chi connectivity index (χ1) is 7.18. The molecule has 0 atom stereocenters. The number of imidazole rings is 1. The van der Waals surface area contributed by atoms with Crippen molar-refractivity contribution in [1.82, 2.24) is 9.47 Å². The van der Waals surface area contributed by atoms with Gasteiger partial charge < -0.3 is 4.90 Å². The van der Waals surface area contributed by atoms with Gasteiger partial charge in [-0.3, -0.25) is 4.79 Å². The highest BCUT2D eigenvalue weighted by Gasteiger charge is 2.21. The van der Waals surface area contributed by atoms with Gasteiger partial charge in [-0.25, -0.2) is 9.13 Å². The molecular weight excluding hydrogens is 210 g/mol. The summed E-state index contributed by atoms with van der Waals surface area (Å²) in [6.07, 6.45) is 3.93. The molecule has 1 aromatic rings. The average molecular weight is 226 g/mol. The number of hydrogen-bond donors (Lipinski definition) is 0. The van der Waals surface area contributed by atoms with Crippen LogP contribution in [0.2, 0.25) is 0 Å². The predicted octanol–water partition coefficient (Wildman–Crippen LogP) is 0.154. The Morgan fingerprint density at radius 2 is 2.47 bits per heavy atom. The molecule has 2 heterocycles. The van der Waals surface area contributed by atoms with Crippen LogP contribution in [0, 0.1) is 6.92 Å². The smallest absolute Gasteiger partial charge is 0.265 e. The maximum Gasteiger partial charge on any atom is 0.265 e. The summed E-state index contributed by atoms with van der Waals surface area (Å²) in [4.78, 5) is 13.8. The summed E-state index contributed by atoms with van der Waals surface area (Å²) in [5.74, 6) is 3.25. The van der Waals surface area contributed by atoms with Gasteiger partial charge in [0.05, 0.1) is 12.9 Å². The standard InChI is InChI=1S/C10H16N3OS/c1-9-11(2)3-4-12(9)7-10(14)13-5-6-15-8-13/h3-4H,5-8H2,1-2H3/q+1. The maximum atomic E-state index is 11.9. The van der Waals surface area contributed by atoms with Crippen molar-refractivity contribution in [2.45, 2.75) is 13.5 Å². The molecule has 4 nitrogen and oxygen atoms in total. The molecule has 0 radical (unpaired) electrons. The van der Waals surface area contributed by atoms with Crippen molar-refractivity contribution < 1.29 is 9.36 Å². The molecule has 0 N–H and O–H groups in total. The topological polar surface area (TPSA) is 29.1 Å². The average Bonchev–Trinajstić information content (AvgIpc) is 2.83. The minimum Gasteiger partial charge on any atom is -0.329 e. The second kappa shape index (κ2) is 4.26. The normalized spacial score (nSPS) is 16.0. The number of thioether (sulfide) groups is 1. The highest BCUT2D eigenvalue weighted by Crippen LogP contribution is 2.13. The van der Waals surface area contributed by atoms with Crippen molar-refractivity contribution in [2.75, 3.05) is 18.2 Å². The molecule has 15 heavy (non-hydrogen) atoms. The van der Waals surface area contributed by atoms with Gasteiger partial charge in [0.25, 0.3) is 11.7 Å². The van der Waals surface area contributed by atoms with Crippen molar-refractivity contribution in [3.8, 4) is 0 Å². The fraction of sp³-hybridized carbons (Fsp3) is 0.600. The van der Waals surface area contributed by atoms with Crippen LogP contribution in [-0.2, 0) is 18.4 Å². The Balaban J connectivity index is 2.02. The molecule has 1 amide bonds. The van der Waals surface area contributed by atoms with E-state index < -0.39 is 0 Å². The first kappa shape index (κ1) is 10.5. The summed E-state index contributed by atoms with van der Waals surface area (Å²) in [7, 11) is 1.99. The molecule has 5 heteroatoms. The first-order valence-corrected chi connectivity index (χ1v) is 6.21. The maximum absolute atomic E-state index is 11.9. The molecule has 1 saturated heterocycles. The molecule has 0 aromatic carbocycles. The van der Waals surface area contributed by atoms with Crippen LogP contribution in [0.5, 0.6) is 0 Å². The van der Waals surface area contributed by atoms with Gasteiger partial charge >= 0.3 is 0 Å². The molecule has 0 unspecified atom stereocenters. The Morgan fingerprint density at radius 3 is 3.00 bits per heavy atom. The number of hydrogen-bond acceptors (Lipinski definition) is 2. The number of aromatic nitrogens is 2. The van der Waals surface area contributed by atoms with E-state index in [1.54, 1.807) is 0 Å². The van der Waals surface area contributed by atoms with Crippen LogP contribution in [0.15, 0.2) is 12.4 Å². The molecule has 0 saturated carbocycles. The van der Waals surface area contributed by atoms with Crippen LogP contribution in [0.1, 0.15) is 5.82 Å². The highest BCUT2D eigenvalue weighted by molar-refractivity contribution is 7.99. The van der Waals surface area contributed by atoms with E-state index in [1.807, 2.05) is 52.2 Å². The van der Waals surface area contributed by atoms with Crippen molar-refractivity contribution >= 4 is 17.7 Å². The van der Waals surface area contributed by atoms with Gasteiger partial charge in [-0.2, -0.15) is 0 Å². The lowest BCUT2D eigenvalue weighted by atomic mass is 10.5. The van der Waals surface area contributed by atoms with E-state index in [2.05, 4.69) is 0 Å². The first-order valence-electron chi connectivity index (χ1n) is 5.05. The minimum absolute atomic E-state index is 0.222. The number of rotatable bonds is 2. The molecule has 1 aromatic heterocycles. The van der Waals surface area contributed by atoms with E-state index in [0.717, 1.165) is 24.0 Å². The summed E-state index contributed by atoms with van der Waals surface area (Å²) in [5.41, 5.74) is 0. The summed E-state index contributed by atoms with van der Waals surface area (Å²) in [6, 6.07) is 0. The fourth-order valence-electron chi connectivity index (χ4n) is 1.62. The summed E-state index contributed by atoms with van der Waals surface area (Å²) < 4.78 is 4.01. The van der Waals surface area contributed by atoms with Crippen molar-refractivity contribution in [1.29, 1.82) is 0 Å². The van der Waals surface area contributed by atoms with Crippen LogP contribution >= 0.6 is 11.8 Å². The third-order valence-electron chi connectivity index (χ3n) is 2.81. The third-order valence-corrected chi connectivity index (χ3v) is 3.77. The van der Waals surface area contributed by atoms with Gasteiger partial charge in [-0.1, -0.05) is 0 Å². The van der Waals surface area contributed by atoms with Crippen molar-refractivity contribution in [3.05, 3.63) is 18.2 Å². The van der Waals surface area contributed by atoms with Crippen LogP contribution in [0.3, 0.4) is 0 Å². The van der Waals surface area contributed by atoms with Gasteiger partial charge in [-0.05, 0) is 0 Å². The monoisotopic (exact) mass is 226 g/mol. The number of carbonyl (C=O) groups is 1. The molecule has 1 fully saturated rings. The van der Waals surface area contributed by atoms with E-state index >= 15 is 0 Å². The predicted molar refractivity (Wildman–Crippen MR) is 59.4 cm³/mol. The number of amides is 1. The van der Waals surface area contributed by atoms with Gasteiger partial charge in [0.2, 0.25) is 0 Å². The zero-order chi connectivity index (χ0) is 10.8. The summed E-state index contributed by atoms with van der Waals surface area (Å²) in [5, 5.41) is 0. The fourth-order valence-corrected chi connectivity index (χ4v) is 2.59.